The maximum Gasteiger partial charge on any atom is 0.246 e. The largest absolute Gasteiger partial charge is 0.497 e. The highest BCUT2D eigenvalue weighted by atomic mass is 16.5. The van der Waals surface area contributed by atoms with E-state index in [0.29, 0.717) is 24.9 Å². The van der Waals surface area contributed by atoms with Gasteiger partial charge in [-0.15, -0.1) is 0 Å². The van der Waals surface area contributed by atoms with Gasteiger partial charge in [-0.2, -0.15) is 4.98 Å². The molecule has 1 aromatic heterocycles. The summed E-state index contributed by atoms with van der Waals surface area (Å²) < 4.78 is 21.8. The van der Waals surface area contributed by atoms with E-state index in [1.165, 1.54) is 5.56 Å². The summed E-state index contributed by atoms with van der Waals surface area (Å²) in [5.41, 5.74) is 2.29. The fraction of sp³-hybridized carbons (Fsp3) is 0.556. The predicted octanol–water partition coefficient (Wildman–Crippen LogP) is 2.96. The molecule has 0 bridgehead atoms. The number of aromatic nitrogens is 2. The molecular formula is C18H25N3O4. The van der Waals surface area contributed by atoms with Gasteiger partial charge in [-0.3, -0.25) is 0 Å². The molecule has 2 heterocycles. The number of nitrogens with zero attached hydrogens (tertiary/aromatic N) is 3. The second-order valence-electron chi connectivity index (χ2n) is 6.32. The summed E-state index contributed by atoms with van der Waals surface area (Å²) in [7, 11) is 3.35. The lowest BCUT2D eigenvalue weighted by molar-refractivity contribution is 0.0601. The average molecular weight is 347 g/mol. The van der Waals surface area contributed by atoms with E-state index in [9.17, 15) is 0 Å². The van der Waals surface area contributed by atoms with E-state index in [1.54, 1.807) is 14.2 Å². The van der Waals surface area contributed by atoms with Crippen molar-refractivity contribution in [2.75, 3.05) is 25.7 Å². The van der Waals surface area contributed by atoms with Crippen LogP contribution >= 0.6 is 0 Å². The van der Waals surface area contributed by atoms with Gasteiger partial charge in [0.25, 0.3) is 0 Å². The first-order valence-corrected chi connectivity index (χ1v) is 8.53. The minimum Gasteiger partial charge on any atom is -0.497 e. The highest BCUT2D eigenvalue weighted by molar-refractivity contribution is 5.64. The van der Waals surface area contributed by atoms with Gasteiger partial charge in [0.05, 0.1) is 26.9 Å². The van der Waals surface area contributed by atoms with Gasteiger partial charge in [0, 0.05) is 29.9 Å². The van der Waals surface area contributed by atoms with Gasteiger partial charge < -0.3 is 23.6 Å². The van der Waals surface area contributed by atoms with E-state index in [2.05, 4.69) is 15.0 Å². The Morgan fingerprint density at radius 1 is 1.24 bits per heavy atom. The van der Waals surface area contributed by atoms with Crippen LogP contribution in [0, 0.1) is 0 Å². The van der Waals surface area contributed by atoms with Crippen LogP contribution in [0.2, 0.25) is 0 Å². The van der Waals surface area contributed by atoms with Gasteiger partial charge in [-0.25, -0.2) is 0 Å². The molecule has 1 aromatic carbocycles. The van der Waals surface area contributed by atoms with Crippen molar-refractivity contribution < 1.29 is 18.7 Å². The Morgan fingerprint density at radius 3 is 2.80 bits per heavy atom. The highest BCUT2D eigenvalue weighted by Crippen LogP contribution is 2.38. The van der Waals surface area contributed by atoms with Crippen molar-refractivity contribution in [2.45, 2.75) is 45.9 Å². The first kappa shape index (κ1) is 17.5. The van der Waals surface area contributed by atoms with Crippen molar-refractivity contribution in [1.29, 1.82) is 0 Å². The minimum atomic E-state index is 0.135. The van der Waals surface area contributed by atoms with Gasteiger partial charge in [0.15, 0.2) is 5.82 Å². The zero-order chi connectivity index (χ0) is 17.8. The van der Waals surface area contributed by atoms with Gasteiger partial charge in [0.1, 0.15) is 18.1 Å². The molecule has 0 atom stereocenters. The monoisotopic (exact) mass is 347 g/mol. The molecule has 1 aliphatic rings. The summed E-state index contributed by atoms with van der Waals surface area (Å²) in [6, 6.07) is 3.96. The summed E-state index contributed by atoms with van der Waals surface area (Å²) in [4.78, 5) is 6.65. The Hall–Kier alpha value is -2.28. The molecule has 7 nitrogen and oxygen atoms in total. The van der Waals surface area contributed by atoms with Crippen molar-refractivity contribution in [2.24, 2.45) is 0 Å². The second kappa shape index (κ2) is 7.74. The lowest BCUT2D eigenvalue weighted by Crippen LogP contribution is -2.29. The summed E-state index contributed by atoms with van der Waals surface area (Å²) in [5.74, 6) is 2.79. The van der Waals surface area contributed by atoms with E-state index >= 15 is 0 Å². The van der Waals surface area contributed by atoms with Gasteiger partial charge in [-0.1, -0.05) is 5.16 Å². The van der Waals surface area contributed by atoms with E-state index < -0.39 is 0 Å². The second-order valence-corrected chi connectivity index (χ2v) is 6.32. The van der Waals surface area contributed by atoms with Crippen LogP contribution in [0.5, 0.6) is 11.5 Å². The third-order valence-corrected chi connectivity index (χ3v) is 4.19. The molecule has 25 heavy (non-hydrogen) atoms. The summed E-state index contributed by atoms with van der Waals surface area (Å²) in [5, 5.41) is 3.99. The predicted molar refractivity (Wildman–Crippen MR) is 93.1 cm³/mol. The molecule has 0 N–H and O–H groups in total. The van der Waals surface area contributed by atoms with Crippen LogP contribution in [0.1, 0.15) is 37.5 Å². The van der Waals surface area contributed by atoms with Crippen LogP contribution in [0.25, 0.3) is 0 Å². The third-order valence-electron chi connectivity index (χ3n) is 4.19. The molecule has 0 saturated carbocycles. The first-order chi connectivity index (χ1) is 12.1. The average Bonchev–Trinajstić information content (AvgIpc) is 3.07. The molecule has 2 aromatic rings. The van der Waals surface area contributed by atoms with E-state index in [4.69, 9.17) is 18.7 Å². The maximum absolute atomic E-state index is 5.54. The smallest absolute Gasteiger partial charge is 0.246 e. The molecule has 0 radical (unpaired) electrons. The van der Waals surface area contributed by atoms with Crippen molar-refractivity contribution in [3.05, 3.63) is 29.4 Å². The SMILES string of the molecule is COc1cc(OC)c2c(c1)N(Cc1nc(COC(C)C)no1)CCC2. The lowest BCUT2D eigenvalue weighted by atomic mass is 10.00. The zero-order valence-corrected chi connectivity index (χ0v) is 15.2. The van der Waals surface area contributed by atoms with Crippen LogP contribution in [0.15, 0.2) is 16.7 Å². The number of anilines is 1. The molecule has 3 rings (SSSR count). The fourth-order valence-electron chi connectivity index (χ4n) is 2.99. The number of methoxy groups -OCH3 is 2. The molecule has 0 saturated heterocycles. The molecule has 0 spiro atoms. The van der Waals surface area contributed by atoms with Crippen molar-refractivity contribution >= 4 is 5.69 Å². The molecule has 7 heteroatoms. The van der Waals surface area contributed by atoms with Gasteiger partial charge in [-0.05, 0) is 26.7 Å². The van der Waals surface area contributed by atoms with E-state index in [0.717, 1.165) is 36.6 Å². The van der Waals surface area contributed by atoms with Crippen LogP contribution < -0.4 is 14.4 Å². The normalized spacial score (nSPS) is 13.9. The summed E-state index contributed by atoms with van der Waals surface area (Å²) in [6.45, 7) is 5.79. The van der Waals surface area contributed by atoms with Gasteiger partial charge in [0.2, 0.25) is 5.89 Å². The van der Waals surface area contributed by atoms with E-state index in [1.807, 2.05) is 26.0 Å². The topological polar surface area (TPSA) is 69.9 Å². The molecule has 136 valence electrons. The molecule has 0 amide bonds. The number of ether oxygens (including phenoxy) is 3. The van der Waals surface area contributed by atoms with E-state index in [-0.39, 0.29) is 6.10 Å². The van der Waals surface area contributed by atoms with Crippen molar-refractivity contribution in [3.8, 4) is 11.5 Å². The molecule has 0 aliphatic carbocycles. The number of fused-ring (bicyclic) bond motifs is 1. The molecular weight excluding hydrogens is 322 g/mol. The van der Waals surface area contributed by atoms with Crippen LogP contribution in [-0.2, 0) is 24.3 Å². The molecule has 1 aliphatic heterocycles. The van der Waals surface area contributed by atoms with Crippen LogP contribution in [-0.4, -0.2) is 37.0 Å². The van der Waals surface area contributed by atoms with Crippen LogP contribution in [0.3, 0.4) is 0 Å². The quantitative estimate of drug-likeness (QED) is 0.762. The zero-order valence-electron chi connectivity index (χ0n) is 15.2. The Kier molecular flexibility index (Phi) is 5.43. The maximum atomic E-state index is 5.54. The van der Waals surface area contributed by atoms with Crippen LogP contribution in [0.4, 0.5) is 5.69 Å². The third kappa shape index (κ3) is 4.04. The molecule has 0 unspecified atom stereocenters. The Labute approximate surface area is 147 Å². The van der Waals surface area contributed by atoms with Crippen molar-refractivity contribution in [3.63, 3.8) is 0 Å². The Morgan fingerprint density at radius 2 is 2.08 bits per heavy atom. The number of hydrogen-bond acceptors (Lipinski definition) is 7. The fourth-order valence-corrected chi connectivity index (χ4v) is 2.99. The minimum absolute atomic E-state index is 0.135. The summed E-state index contributed by atoms with van der Waals surface area (Å²) >= 11 is 0. The lowest BCUT2D eigenvalue weighted by Gasteiger charge is -2.31. The van der Waals surface area contributed by atoms with Crippen molar-refractivity contribution in [1.82, 2.24) is 10.1 Å². The first-order valence-electron chi connectivity index (χ1n) is 8.53. The number of hydrogen-bond donors (Lipinski definition) is 0. The Bertz CT molecular complexity index is 714. The number of benzene rings is 1. The summed E-state index contributed by atoms with van der Waals surface area (Å²) in [6.07, 6.45) is 2.17. The Balaban J connectivity index is 1.79. The van der Waals surface area contributed by atoms with Gasteiger partial charge >= 0.3 is 0 Å². The molecule has 0 fully saturated rings. The number of rotatable bonds is 7. The highest BCUT2D eigenvalue weighted by Gasteiger charge is 2.23. The standard InChI is InChI=1S/C18H25N3O4/c1-12(2)24-11-17-19-18(25-20-17)10-21-7-5-6-14-15(21)8-13(22-3)9-16(14)23-4/h8-9,12H,5-7,10-11H2,1-4H3.